The Morgan fingerprint density at radius 1 is 0.913 bits per heavy atom. The first-order valence-electron chi connectivity index (χ1n) is 17.1. The van der Waals surface area contributed by atoms with E-state index in [2.05, 4.69) is 56.9 Å². The van der Waals surface area contributed by atoms with Crippen molar-refractivity contribution in [2.45, 2.75) is 131 Å². The summed E-state index contributed by atoms with van der Waals surface area (Å²) in [5.74, 6) is -0.878. The van der Waals surface area contributed by atoms with Crippen molar-refractivity contribution >= 4 is 33.7 Å². The number of carboxylic acids is 1. The summed E-state index contributed by atoms with van der Waals surface area (Å²) in [7, 11) is -3.69. The molecule has 4 N–H and O–H groups in total. The fourth-order valence-electron chi connectivity index (χ4n) is 11.5. The van der Waals surface area contributed by atoms with E-state index in [0.717, 1.165) is 57.6 Å². The summed E-state index contributed by atoms with van der Waals surface area (Å²) in [5, 5.41) is 15.2. The average molecular weight is 662 g/mol. The van der Waals surface area contributed by atoms with Crippen LogP contribution in [0.25, 0.3) is 0 Å². The molecule has 258 valence electrons. The van der Waals surface area contributed by atoms with Crippen LogP contribution in [0.5, 0.6) is 0 Å². The number of carbonyl (C=O) groups is 4. The van der Waals surface area contributed by atoms with Crippen LogP contribution in [0.4, 0.5) is 4.79 Å². The van der Waals surface area contributed by atoms with Gasteiger partial charge in [-0.15, -0.1) is 0 Å². The Labute approximate surface area is 274 Å². The van der Waals surface area contributed by atoms with E-state index in [4.69, 9.17) is 5.11 Å². The number of ketones is 1. The van der Waals surface area contributed by atoms with Crippen LogP contribution >= 0.6 is 0 Å². The fraction of sp³-hybridized carbons (Fsp3) is 0.829. The Kier molecular flexibility index (Phi) is 8.39. The van der Waals surface area contributed by atoms with E-state index >= 15 is 0 Å². The molecule has 0 heterocycles. The van der Waals surface area contributed by atoms with Gasteiger partial charge < -0.3 is 15.7 Å². The molecule has 10 nitrogen and oxygen atoms in total. The zero-order valence-electron chi connectivity index (χ0n) is 29.0. The molecule has 5 rings (SSSR count). The lowest BCUT2D eigenvalue weighted by Crippen LogP contribution is -2.68. The molecule has 5 aliphatic rings. The minimum atomic E-state index is -3.69. The van der Waals surface area contributed by atoms with E-state index in [9.17, 15) is 27.6 Å². The number of carbonyl (C=O) groups excluding carboxylic acids is 3. The lowest BCUT2D eigenvalue weighted by Gasteiger charge is -2.70. The van der Waals surface area contributed by atoms with Crippen molar-refractivity contribution in [3.8, 4) is 0 Å². The molecule has 0 aliphatic heterocycles. The number of allylic oxidation sites excluding steroid dienone is 2. The average Bonchev–Trinajstić information content (AvgIpc) is 2.90. The molecule has 0 aromatic rings. The van der Waals surface area contributed by atoms with Crippen molar-refractivity contribution < 1.29 is 32.7 Å². The number of hydrogen-bond acceptors (Lipinski definition) is 6. The van der Waals surface area contributed by atoms with E-state index in [1.54, 1.807) is 0 Å². The van der Waals surface area contributed by atoms with Crippen LogP contribution < -0.4 is 15.4 Å². The third-order valence-corrected chi connectivity index (χ3v) is 14.8. The van der Waals surface area contributed by atoms with Gasteiger partial charge in [-0.25, -0.2) is 17.9 Å². The highest BCUT2D eigenvalue weighted by molar-refractivity contribution is 7.89. The summed E-state index contributed by atoms with van der Waals surface area (Å²) < 4.78 is 25.5. The Morgan fingerprint density at radius 2 is 1.57 bits per heavy atom. The Bertz CT molecular complexity index is 1470. The first kappa shape index (κ1) is 34.9. The standard InChI is InChI=1S/C35H55N3O7S/c1-30(2)24-11-14-35(7)28(33(24,5)13-12-25(30)36-26(40)9-10-27(41)42)23(39)19-21-22-20-32(4,37-29(43)38-46(8,44)45)17-15-31(22,3)16-18-34(21,35)6/h19,22,24-25,28H,9-18,20H2,1-8H3,(H,36,40)(H,41,42)(H2,37,38,43)/t22-,24-,25-,28+,31+,32-,33-,34+,35+/m0/s1. The number of aliphatic carboxylic acids is 1. The predicted molar refractivity (Wildman–Crippen MR) is 175 cm³/mol. The maximum absolute atomic E-state index is 14.6. The second kappa shape index (κ2) is 11.1. The lowest BCUT2D eigenvalue weighted by molar-refractivity contribution is -0.189. The number of hydrogen-bond donors (Lipinski definition) is 4. The van der Waals surface area contributed by atoms with Crippen LogP contribution in [0.15, 0.2) is 11.6 Å². The van der Waals surface area contributed by atoms with Crippen molar-refractivity contribution in [3.05, 3.63) is 11.6 Å². The Morgan fingerprint density at radius 3 is 2.20 bits per heavy atom. The first-order valence-corrected chi connectivity index (χ1v) is 19.0. The van der Waals surface area contributed by atoms with Gasteiger partial charge in [0.25, 0.3) is 0 Å². The molecule has 3 amide bonds. The molecule has 11 heteroatoms. The van der Waals surface area contributed by atoms with Crippen molar-refractivity contribution in [2.24, 2.45) is 44.8 Å². The molecule has 0 spiro atoms. The SMILES string of the molecule is CC1(C)[C@@H](NC(=O)CCC(=O)O)CC[C@]2(C)[C@H]3C(=O)C=C4[C@@H]5C[C@@](C)(NC(=O)NS(C)(=O)=O)CC[C@]5(C)CC[C@@]4(C)[C@]3(C)CC[C@@H]12. The molecule has 0 radical (unpaired) electrons. The second-order valence-corrected chi connectivity index (χ2v) is 19.2. The highest BCUT2D eigenvalue weighted by atomic mass is 32.2. The van der Waals surface area contributed by atoms with Crippen LogP contribution in [0.3, 0.4) is 0 Å². The van der Waals surface area contributed by atoms with Crippen LogP contribution in [0.2, 0.25) is 0 Å². The summed E-state index contributed by atoms with van der Waals surface area (Å²) in [6, 6.07) is -0.797. The van der Waals surface area contributed by atoms with Gasteiger partial charge in [0.05, 0.1) is 12.7 Å². The van der Waals surface area contributed by atoms with E-state index < -0.39 is 27.6 Å². The van der Waals surface area contributed by atoms with E-state index in [-0.39, 0.29) is 75.4 Å². The molecule has 9 atom stereocenters. The van der Waals surface area contributed by atoms with Crippen molar-refractivity contribution in [3.63, 3.8) is 0 Å². The molecule has 0 saturated heterocycles. The molecular formula is C35H55N3O7S. The van der Waals surface area contributed by atoms with Crippen molar-refractivity contribution in [2.75, 3.05) is 6.26 Å². The van der Waals surface area contributed by atoms with Crippen LogP contribution in [-0.4, -0.2) is 55.1 Å². The van der Waals surface area contributed by atoms with Gasteiger partial charge in [-0.05, 0) is 110 Å². The molecule has 4 fully saturated rings. The molecule has 4 saturated carbocycles. The summed E-state index contributed by atoms with van der Waals surface area (Å²) in [6.07, 6.45) is 10.4. The zero-order valence-corrected chi connectivity index (χ0v) is 29.8. The number of amides is 3. The first-order chi connectivity index (χ1) is 21.0. The topological polar surface area (TPSA) is 159 Å². The minimum Gasteiger partial charge on any atom is -0.481 e. The number of urea groups is 1. The molecule has 0 unspecified atom stereocenters. The largest absolute Gasteiger partial charge is 0.481 e. The number of nitrogens with one attached hydrogen (secondary N) is 3. The van der Waals surface area contributed by atoms with Crippen LogP contribution in [-0.2, 0) is 24.4 Å². The van der Waals surface area contributed by atoms with Gasteiger partial charge in [0.15, 0.2) is 5.78 Å². The quantitative estimate of drug-likeness (QED) is 0.300. The summed E-state index contributed by atoms with van der Waals surface area (Å²) in [4.78, 5) is 51.0. The van der Waals surface area contributed by atoms with E-state index in [1.165, 1.54) is 5.57 Å². The maximum atomic E-state index is 14.6. The maximum Gasteiger partial charge on any atom is 0.328 e. The van der Waals surface area contributed by atoms with Crippen molar-refractivity contribution in [1.82, 2.24) is 15.4 Å². The summed E-state index contributed by atoms with van der Waals surface area (Å²) in [5.41, 5.74) is -0.405. The molecule has 0 aromatic heterocycles. The molecule has 0 aromatic carbocycles. The number of carboxylic acid groups (broad SMARTS) is 1. The molecule has 46 heavy (non-hydrogen) atoms. The van der Waals surface area contributed by atoms with Gasteiger partial charge in [-0.2, -0.15) is 0 Å². The monoisotopic (exact) mass is 661 g/mol. The van der Waals surface area contributed by atoms with Crippen molar-refractivity contribution in [1.29, 1.82) is 0 Å². The Hall–Kier alpha value is -2.43. The molecule has 0 bridgehead atoms. The third-order valence-electron chi connectivity index (χ3n) is 14.2. The molecular weight excluding hydrogens is 606 g/mol. The predicted octanol–water partition coefficient (Wildman–Crippen LogP) is 5.33. The van der Waals surface area contributed by atoms with E-state index in [1.807, 2.05) is 13.0 Å². The van der Waals surface area contributed by atoms with Gasteiger partial charge in [-0.3, -0.25) is 14.4 Å². The minimum absolute atomic E-state index is 0.0106. The van der Waals surface area contributed by atoms with Crippen LogP contribution in [0.1, 0.15) is 119 Å². The van der Waals surface area contributed by atoms with Gasteiger partial charge in [0, 0.05) is 23.9 Å². The zero-order chi connectivity index (χ0) is 34.3. The smallest absolute Gasteiger partial charge is 0.328 e. The van der Waals surface area contributed by atoms with Gasteiger partial charge in [0.1, 0.15) is 0 Å². The fourth-order valence-corrected chi connectivity index (χ4v) is 11.9. The van der Waals surface area contributed by atoms with E-state index in [0.29, 0.717) is 6.42 Å². The van der Waals surface area contributed by atoms with Crippen LogP contribution in [0, 0.1) is 44.8 Å². The lowest BCUT2D eigenvalue weighted by atomic mass is 9.33. The third kappa shape index (κ3) is 5.60. The number of rotatable bonds is 6. The van der Waals surface area contributed by atoms with Gasteiger partial charge >= 0.3 is 12.0 Å². The second-order valence-electron chi connectivity index (χ2n) is 17.5. The molecule has 5 aliphatic carbocycles. The van der Waals surface area contributed by atoms with Gasteiger partial charge in [-0.1, -0.05) is 47.1 Å². The summed E-state index contributed by atoms with van der Waals surface area (Å²) >= 11 is 0. The Balaban J connectivity index is 1.45. The van der Waals surface area contributed by atoms with Gasteiger partial charge in [0.2, 0.25) is 15.9 Å². The normalized spacial score (nSPS) is 43.0. The highest BCUT2D eigenvalue weighted by Crippen LogP contribution is 2.74. The number of fused-ring (bicyclic) bond motifs is 7. The summed E-state index contributed by atoms with van der Waals surface area (Å²) in [6.45, 7) is 15.7. The number of sulfonamides is 1. The highest BCUT2D eigenvalue weighted by Gasteiger charge is 2.70.